The lowest BCUT2D eigenvalue weighted by Gasteiger charge is -2.33. The van der Waals surface area contributed by atoms with Crippen LogP contribution >= 0.6 is 23.2 Å². The molecule has 12 heteroatoms. The zero-order chi connectivity index (χ0) is 31.7. The van der Waals surface area contributed by atoms with Crippen LogP contribution in [-0.2, 0) is 26.2 Å². The monoisotopic (exact) mass is 649 g/mol. The molecule has 3 rings (SSSR count). The summed E-state index contributed by atoms with van der Waals surface area (Å²) < 4.78 is 39.9. The van der Waals surface area contributed by atoms with Gasteiger partial charge in [0.1, 0.15) is 12.6 Å². The zero-order valence-corrected chi connectivity index (χ0v) is 27.2. The van der Waals surface area contributed by atoms with Gasteiger partial charge in [0.15, 0.2) is 11.5 Å². The predicted molar refractivity (Wildman–Crippen MR) is 170 cm³/mol. The lowest BCUT2D eigenvalue weighted by Crippen LogP contribution is -2.52. The summed E-state index contributed by atoms with van der Waals surface area (Å²) in [6.45, 7) is 5.30. The Balaban J connectivity index is 2.12. The van der Waals surface area contributed by atoms with Gasteiger partial charge < -0.3 is 19.7 Å². The second-order valence-electron chi connectivity index (χ2n) is 9.80. The van der Waals surface area contributed by atoms with Gasteiger partial charge in [-0.3, -0.25) is 13.9 Å². The molecule has 0 aliphatic heterocycles. The molecule has 0 bridgehead atoms. The maximum Gasteiger partial charge on any atom is 0.264 e. The topological polar surface area (TPSA) is 105 Å². The number of hydrogen-bond acceptors (Lipinski definition) is 6. The third-order valence-corrected chi connectivity index (χ3v) is 9.35. The van der Waals surface area contributed by atoms with Crippen molar-refractivity contribution in [3.05, 3.63) is 81.8 Å². The van der Waals surface area contributed by atoms with E-state index in [0.717, 1.165) is 9.87 Å². The molecule has 0 spiro atoms. The molecule has 0 aliphatic rings. The van der Waals surface area contributed by atoms with Crippen LogP contribution in [0.15, 0.2) is 65.6 Å². The first kappa shape index (κ1) is 34.0. The second kappa shape index (κ2) is 15.3. The number of sulfonamides is 1. The van der Waals surface area contributed by atoms with E-state index in [2.05, 4.69) is 5.32 Å². The summed E-state index contributed by atoms with van der Waals surface area (Å²) >= 11 is 12.9. The van der Waals surface area contributed by atoms with E-state index in [1.165, 1.54) is 37.3 Å². The van der Waals surface area contributed by atoms with Gasteiger partial charge in [-0.15, -0.1) is 0 Å². The number of ether oxygens (including phenoxy) is 2. The highest BCUT2D eigenvalue weighted by molar-refractivity contribution is 7.92. The van der Waals surface area contributed by atoms with Crippen LogP contribution in [0.25, 0.3) is 0 Å². The Bertz CT molecular complexity index is 1510. The van der Waals surface area contributed by atoms with Crippen molar-refractivity contribution in [1.29, 1.82) is 0 Å². The van der Waals surface area contributed by atoms with Crippen molar-refractivity contribution < 1.29 is 27.5 Å². The van der Waals surface area contributed by atoms with E-state index in [-0.39, 0.29) is 35.2 Å². The largest absolute Gasteiger partial charge is 0.493 e. The maximum absolute atomic E-state index is 14.2. The van der Waals surface area contributed by atoms with Crippen LogP contribution in [-0.4, -0.2) is 58.5 Å². The van der Waals surface area contributed by atoms with E-state index in [1.807, 2.05) is 13.8 Å². The van der Waals surface area contributed by atoms with Crippen molar-refractivity contribution >= 4 is 50.7 Å². The third kappa shape index (κ3) is 8.13. The third-order valence-electron chi connectivity index (χ3n) is 6.87. The minimum Gasteiger partial charge on any atom is -0.493 e. The van der Waals surface area contributed by atoms with E-state index in [4.69, 9.17) is 32.7 Å². The molecule has 2 amide bonds. The Morgan fingerprint density at radius 3 is 2.12 bits per heavy atom. The highest BCUT2D eigenvalue weighted by Crippen LogP contribution is 2.33. The number of carbonyl (C=O) groups is 2. The Kier molecular flexibility index (Phi) is 12.1. The molecule has 0 unspecified atom stereocenters. The van der Waals surface area contributed by atoms with Crippen LogP contribution in [0.5, 0.6) is 11.5 Å². The van der Waals surface area contributed by atoms with Crippen LogP contribution in [0.1, 0.15) is 37.8 Å². The lowest BCUT2D eigenvalue weighted by molar-refractivity contribution is -0.140. The SMILES string of the molecule is CCCNC(=O)[C@@H](CC)N(Cc1c(Cl)cccc1Cl)C(=O)CN(c1ccc(C)cc1)S(=O)(=O)c1ccc(OC)c(OC)c1. The molecule has 0 aliphatic carbocycles. The van der Waals surface area contributed by atoms with Gasteiger partial charge in [-0.2, -0.15) is 0 Å². The zero-order valence-electron chi connectivity index (χ0n) is 24.9. The number of nitrogens with zero attached hydrogens (tertiary/aromatic N) is 2. The number of amides is 2. The number of hydrogen-bond donors (Lipinski definition) is 1. The predicted octanol–water partition coefficient (Wildman–Crippen LogP) is 5.85. The van der Waals surface area contributed by atoms with E-state index in [1.54, 1.807) is 49.4 Å². The molecule has 0 aromatic heterocycles. The first-order valence-electron chi connectivity index (χ1n) is 13.8. The molecular formula is C31H37Cl2N3O6S. The first-order chi connectivity index (χ1) is 20.5. The molecule has 0 radical (unpaired) electrons. The minimum atomic E-state index is -4.31. The van der Waals surface area contributed by atoms with Crippen LogP contribution in [0.3, 0.4) is 0 Å². The molecule has 0 fully saturated rings. The van der Waals surface area contributed by atoms with Crippen LogP contribution < -0.4 is 19.1 Å². The highest BCUT2D eigenvalue weighted by Gasteiger charge is 2.34. The van der Waals surface area contributed by atoms with Crippen molar-refractivity contribution in [2.45, 2.75) is 51.1 Å². The smallest absolute Gasteiger partial charge is 0.264 e. The number of aryl methyl sites for hydroxylation is 1. The van der Waals surface area contributed by atoms with E-state index < -0.39 is 28.5 Å². The minimum absolute atomic E-state index is 0.104. The van der Waals surface area contributed by atoms with Crippen molar-refractivity contribution in [2.24, 2.45) is 0 Å². The molecule has 0 saturated heterocycles. The molecule has 3 aromatic rings. The number of halogens is 2. The van der Waals surface area contributed by atoms with Gasteiger partial charge in [0.05, 0.1) is 24.8 Å². The van der Waals surface area contributed by atoms with E-state index in [9.17, 15) is 18.0 Å². The van der Waals surface area contributed by atoms with Crippen molar-refractivity contribution in [2.75, 3.05) is 31.6 Å². The van der Waals surface area contributed by atoms with Gasteiger partial charge >= 0.3 is 0 Å². The Hall–Kier alpha value is -3.47. The second-order valence-corrected chi connectivity index (χ2v) is 12.5. The Morgan fingerprint density at radius 1 is 0.930 bits per heavy atom. The Labute approximate surface area is 263 Å². The highest BCUT2D eigenvalue weighted by atomic mass is 35.5. The van der Waals surface area contributed by atoms with E-state index >= 15 is 0 Å². The summed E-state index contributed by atoms with van der Waals surface area (Å²) in [7, 11) is -1.46. The number of carbonyl (C=O) groups excluding carboxylic acids is 2. The molecule has 232 valence electrons. The number of methoxy groups -OCH3 is 2. The van der Waals surface area contributed by atoms with Gasteiger partial charge in [0, 0.05) is 34.8 Å². The average Bonchev–Trinajstić information content (AvgIpc) is 2.99. The van der Waals surface area contributed by atoms with Crippen LogP contribution in [0, 0.1) is 6.92 Å². The van der Waals surface area contributed by atoms with E-state index in [0.29, 0.717) is 34.3 Å². The molecule has 43 heavy (non-hydrogen) atoms. The fraction of sp³-hybridized carbons (Fsp3) is 0.355. The molecule has 9 nitrogen and oxygen atoms in total. The summed E-state index contributed by atoms with van der Waals surface area (Å²) in [5, 5.41) is 3.49. The molecule has 1 N–H and O–H groups in total. The first-order valence-corrected chi connectivity index (χ1v) is 16.0. The summed E-state index contributed by atoms with van der Waals surface area (Å²) in [6.07, 6.45) is 0.980. The molecule has 0 saturated carbocycles. The maximum atomic E-state index is 14.2. The van der Waals surface area contributed by atoms with Crippen LogP contribution in [0.2, 0.25) is 10.0 Å². The molecule has 1 atom stereocenters. The van der Waals surface area contributed by atoms with Crippen molar-refractivity contribution in [3.63, 3.8) is 0 Å². The van der Waals surface area contributed by atoms with Crippen molar-refractivity contribution in [1.82, 2.24) is 10.2 Å². The summed E-state index contributed by atoms with van der Waals surface area (Å²) in [6, 6.07) is 15.0. The van der Waals surface area contributed by atoms with Gasteiger partial charge in [0.2, 0.25) is 11.8 Å². The number of benzene rings is 3. The summed E-state index contributed by atoms with van der Waals surface area (Å²) in [5.41, 5.74) is 1.63. The fourth-order valence-corrected chi connectivity index (χ4v) is 6.43. The standard InChI is InChI=1S/C31H37Cl2N3O6S/c1-6-17-34-31(38)27(7-2)35(19-24-25(32)9-8-10-26(24)33)30(37)20-36(22-13-11-21(3)12-14-22)43(39,40)23-15-16-28(41-4)29(18-23)42-5/h8-16,18,27H,6-7,17,19-20H2,1-5H3,(H,34,38)/t27-/m1/s1. The van der Waals surface area contributed by atoms with Crippen molar-refractivity contribution in [3.8, 4) is 11.5 Å². The van der Waals surface area contributed by atoms with Crippen LogP contribution in [0.4, 0.5) is 5.69 Å². The number of nitrogens with one attached hydrogen (secondary N) is 1. The quantitative estimate of drug-likeness (QED) is 0.235. The normalized spacial score (nSPS) is 11.9. The summed E-state index contributed by atoms with van der Waals surface area (Å²) in [5.74, 6) is -0.400. The molecule has 0 heterocycles. The molecule has 3 aromatic carbocycles. The van der Waals surface area contributed by atoms with Gasteiger partial charge in [0.25, 0.3) is 10.0 Å². The lowest BCUT2D eigenvalue weighted by atomic mass is 10.1. The van der Waals surface area contributed by atoms with Gasteiger partial charge in [-0.25, -0.2) is 8.42 Å². The van der Waals surface area contributed by atoms with Gasteiger partial charge in [-0.1, -0.05) is 60.8 Å². The summed E-state index contributed by atoms with van der Waals surface area (Å²) in [4.78, 5) is 28.7. The fourth-order valence-electron chi connectivity index (χ4n) is 4.48. The van der Waals surface area contributed by atoms with Gasteiger partial charge in [-0.05, 0) is 56.2 Å². The average molecular weight is 651 g/mol. The number of rotatable bonds is 14. The number of anilines is 1. The molecular weight excluding hydrogens is 613 g/mol. The Morgan fingerprint density at radius 2 is 1.56 bits per heavy atom.